The van der Waals surface area contributed by atoms with E-state index in [1.165, 1.54) is 0 Å². The van der Waals surface area contributed by atoms with E-state index in [1.807, 2.05) is 6.92 Å². The van der Waals surface area contributed by atoms with Crippen LogP contribution < -0.4 is 5.32 Å². The summed E-state index contributed by atoms with van der Waals surface area (Å²) in [6, 6.07) is 0. The quantitative estimate of drug-likeness (QED) is 0.601. The van der Waals surface area contributed by atoms with E-state index in [2.05, 4.69) is 5.32 Å². The molecule has 0 saturated heterocycles. The Balaban J connectivity index is 4.14. The summed E-state index contributed by atoms with van der Waals surface area (Å²) >= 11 is 1.61. The molecule has 0 bridgehead atoms. The van der Waals surface area contributed by atoms with Crippen molar-refractivity contribution in [1.29, 1.82) is 0 Å². The van der Waals surface area contributed by atoms with Gasteiger partial charge in [-0.3, -0.25) is 9.59 Å². The lowest BCUT2D eigenvalue weighted by atomic mass is 10.0. The fourth-order valence-electron chi connectivity index (χ4n) is 0.947. The molecule has 1 atom stereocenters. The van der Waals surface area contributed by atoms with Gasteiger partial charge in [-0.2, -0.15) is 11.8 Å². The van der Waals surface area contributed by atoms with Gasteiger partial charge in [0, 0.05) is 5.75 Å². The average molecular weight is 205 g/mol. The van der Waals surface area contributed by atoms with E-state index in [0.717, 1.165) is 5.75 Å². The summed E-state index contributed by atoms with van der Waals surface area (Å²) < 4.78 is 0. The first-order valence-corrected chi connectivity index (χ1v) is 5.20. The topological polar surface area (TPSA) is 66.4 Å². The molecule has 0 heterocycles. The van der Waals surface area contributed by atoms with Crippen LogP contribution in [0.3, 0.4) is 0 Å². The van der Waals surface area contributed by atoms with Crippen molar-refractivity contribution >= 4 is 24.1 Å². The van der Waals surface area contributed by atoms with Crippen LogP contribution in [0.15, 0.2) is 0 Å². The Bertz CT molecular complexity index is 186. The van der Waals surface area contributed by atoms with E-state index in [4.69, 9.17) is 5.11 Å². The molecule has 0 fully saturated rings. The number of hydrogen-bond donors (Lipinski definition) is 2. The van der Waals surface area contributed by atoms with Crippen LogP contribution >= 0.6 is 11.8 Å². The number of aliphatic carboxylic acids is 1. The summed E-state index contributed by atoms with van der Waals surface area (Å²) in [4.78, 5) is 20.7. The van der Waals surface area contributed by atoms with Crippen LogP contribution in [0, 0.1) is 0 Å². The molecule has 0 aliphatic heterocycles. The van der Waals surface area contributed by atoms with E-state index < -0.39 is 11.5 Å². The number of hydrogen-bond acceptors (Lipinski definition) is 3. The SMILES string of the molecule is CCSCC(C)(CC(=O)O)NC=O. The zero-order chi connectivity index (χ0) is 10.3. The molecule has 0 aromatic carbocycles. The second-order valence-electron chi connectivity index (χ2n) is 3.03. The Morgan fingerprint density at radius 1 is 1.69 bits per heavy atom. The fraction of sp³-hybridized carbons (Fsp3) is 0.750. The highest BCUT2D eigenvalue weighted by atomic mass is 32.2. The minimum absolute atomic E-state index is 0.0429. The summed E-state index contributed by atoms with van der Waals surface area (Å²) in [6.07, 6.45) is 0.512. The number of carboxylic acids is 1. The van der Waals surface area contributed by atoms with Gasteiger partial charge in [0.05, 0.1) is 12.0 Å². The van der Waals surface area contributed by atoms with E-state index >= 15 is 0 Å². The third-order valence-electron chi connectivity index (χ3n) is 1.57. The summed E-state index contributed by atoms with van der Waals surface area (Å²) in [5.41, 5.74) is -0.631. The first-order valence-electron chi connectivity index (χ1n) is 4.05. The number of rotatable bonds is 7. The minimum Gasteiger partial charge on any atom is -0.481 e. The smallest absolute Gasteiger partial charge is 0.305 e. The number of carboxylic acid groups (broad SMARTS) is 1. The summed E-state index contributed by atoms with van der Waals surface area (Å²) in [6.45, 7) is 3.73. The molecule has 0 spiro atoms. The molecule has 0 aromatic heterocycles. The normalized spacial score (nSPS) is 14.6. The molecule has 0 aliphatic carbocycles. The van der Waals surface area contributed by atoms with Crippen molar-refractivity contribution in [3.8, 4) is 0 Å². The predicted octanol–water partition coefficient (Wildman–Crippen LogP) is 0.719. The summed E-state index contributed by atoms with van der Waals surface area (Å²) in [5, 5.41) is 11.2. The molecule has 0 saturated carbocycles. The molecule has 13 heavy (non-hydrogen) atoms. The average Bonchev–Trinajstić information content (AvgIpc) is 2.00. The molecule has 0 aromatic rings. The Labute approximate surface area is 82.1 Å². The second-order valence-corrected chi connectivity index (χ2v) is 4.30. The lowest BCUT2D eigenvalue weighted by Crippen LogP contribution is -2.45. The lowest BCUT2D eigenvalue weighted by Gasteiger charge is -2.26. The molecule has 0 radical (unpaired) electrons. The van der Waals surface area contributed by atoms with Gasteiger partial charge in [-0.1, -0.05) is 6.92 Å². The van der Waals surface area contributed by atoms with Crippen molar-refractivity contribution < 1.29 is 14.7 Å². The van der Waals surface area contributed by atoms with E-state index in [-0.39, 0.29) is 6.42 Å². The van der Waals surface area contributed by atoms with Gasteiger partial charge in [0.25, 0.3) is 0 Å². The third-order valence-corrected chi connectivity index (χ3v) is 2.82. The molecule has 2 N–H and O–H groups in total. The van der Waals surface area contributed by atoms with Crippen molar-refractivity contribution in [2.45, 2.75) is 25.8 Å². The van der Waals surface area contributed by atoms with Crippen LogP contribution in [-0.4, -0.2) is 34.5 Å². The van der Waals surface area contributed by atoms with Gasteiger partial charge >= 0.3 is 5.97 Å². The van der Waals surface area contributed by atoms with Gasteiger partial charge in [-0.25, -0.2) is 0 Å². The lowest BCUT2D eigenvalue weighted by molar-refractivity contribution is -0.138. The molecular weight excluding hydrogens is 190 g/mol. The van der Waals surface area contributed by atoms with Crippen LogP contribution in [0.2, 0.25) is 0 Å². The Morgan fingerprint density at radius 2 is 2.31 bits per heavy atom. The summed E-state index contributed by atoms with van der Waals surface area (Å²) in [7, 11) is 0. The van der Waals surface area contributed by atoms with Gasteiger partial charge in [0.2, 0.25) is 6.41 Å². The first kappa shape index (κ1) is 12.3. The molecule has 0 rings (SSSR count). The zero-order valence-corrected chi connectivity index (χ0v) is 8.69. The standard InChI is InChI=1S/C8H15NO3S/c1-3-13-5-8(2,9-6-10)4-7(11)12/h6H,3-5H2,1-2H3,(H,9,10)(H,11,12). The number of amides is 1. The molecule has 1 unspecified atom stereocenters. The number of nitrogens with one attached hydrogen (secondary N) is 1. The van der Waals surface area contributed by atoms with Gasteiger partial charge in [0.1, 0.15) is 0 Å². The monoisotopic (exact) mass is 205 g/mol. The van der Waals surface area contributed by atoms with Gasteiger partial charge < -0.3 is 10.4 Å². The van der Waals surface area contributed by atoms with Gasteiger partial charge in [-0.15, -0.1) is 0 Å². The molecule has 5 heteroatoms. The Kier molecular flexibility index (Phi) is 5.53. The first-order chi connectivity index (χ1) is 6.04. The Morgan fingerprint density at radius 3 is 2.69 bits per heavy atom. The maximum absolute atomic E-state index is 10.5. The van der Waals surface area contributed by atoms with E-state index in [0.29, 0.717) is 12.2 Å². The van der Waals surface area contributed by atoms with Crippen molar-refractivity contribution in [2.75, 3.05) is 11.5 Å². The molecule has 1 amide bonds. The van der Waals surface area contributed by atoms with Crippen LogP contribution in [-0.2, 0) is 9.59 Å². The van der Waals surface area contributed by atoms with Crippen LogP contribution in [0.4, 0.5) is 0 Å². The highest BCUT2D eigenvalue weighted by Gasteiger charge is 2.26. The predicted molar refractivity (Wildman–Crippen MR) is 52.9 cm³/mol. The highest BCUT2D eigenvalue weighted by molar-refractivity contribution is 7.99. The highest BCUT2D eigenvalue weighted by Crippen LogP contribution is 2.16. The third kappa shape index (κ3) is 5.52. The van der Waals surface area contributed by atoms with Crippen LogP contribution in [0.25, 0.3) is 0 Å². The van der Waals surface area contributed by atoms with E-state index in [9.17, 15) is 9.59 Å². The zero-order valence-electron chi connectivity index (χ0n) is 7.87. The molecule has 0 aliphatic rings. The maximum Gasteiger partial charge on any atom is 0.305 e. The molecular formula is C8H15NO3S. The van der Waals surface area contributed by atoms with Gasteiger partial charge in [0.15, 0.2) is 0 Å². The second kappa shape index (κ2) is 5.85. The Hall–Kier alpha value is -0.710. The van der Waals surface area contributed by atoms with Crippen LogP contribution in [0.5, 0.6) is 0 Å². The number of thioether (sulfide) groups is 1. The van der Waals surface area contributed by atoms with Gasteiger partial charge in [-0.05, 0) is 12.7 Å². The maximum atomic E-state index is 10.5. The largest absolute Gasteiger partial charge is 0.481 e. The summed E-state index contributed by atoms with van der Waals surface area (Å²) in [5.74, 6) is 0.637. The van der Waals surface area contributed by atoms with Crippen LogP contribution in [0.1, 0.15) is 20.3 Å². The van der Waals surface area contributed by atoms with Crippen molar-refractivity contribution in [3.05, 3.63) is 0 Å². The molecule has 4 nitrogen and oxygen atoms in total. The fourth-order valence-corrected chi connectivity index (χ4v) is 1.79. The van der Waals surface area contributed by atoms with Crippen molar-refractivity contribution in [3.63, 3.8) is 0 Å². The minimum atomic E-state index is -0.895. The number of carbonyl (C=O) groups excluding carboxylic acids is 1. The van der Waals surface area contributed by atoms with E-state index in [1.54, 1.807) is 18.7 Å². The van der Waals surface area contributed by atoms with Crippen molar-refractivity contribution in [2.24, 2.45) is 0 Å². The molecule has 76 valence electrons. The number of carbonyl (C=O) groups is 2. The van der Waals surface area contributed by atoms with Crippen molar-refractivity contribution in [1.82, 2.24) is 5.32 Å².